The predicted octanol–water partition coefficient (Wildman–Crippen LogP) is 5.09. The Morgan fingerprint density at radius 3 is 2.66 bits per heavy atom. The summed E-state index contributed by atoms with van der Waals surface area (Å²) < 4.78 is 0. The molecule has 0 spiro atoms. The van der Waals surface area contributed by atoms with E-state index in [1.54, 1.807) is 6.20 Å². The van der Waals surface area contributed by atoms with Gasteiger partial charge < -0.3 is 4.98 Å². The standard InChI is InChI=1S/C24H20N4O/c1-2-15-11-12-16-7-3-4-8-18(16)22(15)21(29)13-17-14-25-28-23(17)24-26-19-9-5-6-10-20(19)27-24/h3-12,14H,2,13H2,1H3,(H,25,28)(H,26,27). The average molecular weight is 380 g/mol. The molecular weight excluding hydrogens is 360 g/mol. The fourth-order valence-corrected chi connectivity index (χ4v) is 3.92. The van der Waals surface area contributed by atoms with Crippen molar-refractivity contribution in [3.63, 3.8) is 0 Å². The number of para-hydroxylation sites is 2. The molecule has 0 amide bonds. The van der Waals surface area contributed by atoms with Gasteiger partial charge in [0.25, 0.3) is 0 Å². The van der Waals surface area contributed by atoms with Crippen LogP contribution in [0.1, 0.15) is 28.4 Å². The summed E-state index contributed by atoms with van der Waals surface area (Å²) in [6.07, 6.45) is 2.87. The summed E-state index contributed by atoms with van der Waals surface area (Å²) in [6.45, 7) is 2.08. The number of hydrogen-bond acceptors (Lipinski definition) is 3. The van der Waals surface area contributed by atoms with Crippen LogP contribution in [-0.4, -0.2) is 25.9 Å². The van der Waals surface area contributed by atoms with Gasteiger partial charge in [-0.3, -0.25) is 9.89 Å². The van der Waals surface area contributed by atoms with Gasteiger partial charge in [-0.2, -0.15) is 5.10 Å². The lowest BCUT2D eigenvalue weighted by Crippen LogP contribution is -2.08. The highest BCUT2D eigenvalue weighted by molar-refractivity contribution is 6.10. The Kier molecular flexibility index (Phi) is 4.21. The summed E-state index contributed by atoms with van der Waals surface area (Å²) in [6, 6.07) is 20.0. The summed E-state index contributed by atoms with van der Waals surface area (Å²) in [5, 5.41) is 9.35. The molecular formula is C24H20N4O. The number of imidazole rings is 1. The first kappa shape index (κ1) is 17.4. The monoisotopic (exact) mass is 380 g/mol. The molecule has 142 valence electrons. The number of H-pyrrole nitrogens is 2. The Labute approximate surface area is 167 Å². The number of carbonyl (C=O) groups excluding carboxylic acids is 1. The molecule has 2 heterocycles. The van der Waals surface area contributed by atoms with Crippen molar-refractivity contribution in [3.05, 3.63) is 83.6 Å². The quantitative estimate of drug-likeness (QED) is 0.417. The number of Topliss-reactive ketones (excluding diaryl/α,β-unsaturated/α-hetero) is 1. The van der Waals surface area contributed by atoms with E-state index in [0.29, 0.717) is 11.5 Å². The molecule has 0 saturated carbocycles. The number of fused-ring (bicyclic) bond motifs is 2. The molecule has 5 rings (SSSR count). The predicted molar refractivity (Wildman–Crippen MR) is 115 cm³/mol. The normalized spacial score (nSPS) is 11.3. The lowest BCUT2D eigenvalue weighted by molar-refractivity contribution is 0.0994. The second kappa shape index (κ2) is 7.02. The third-order valence-corrected chi connectivity index (χ3v) is 5.36. The molecule has 0 atom stereocenters. The summed E-state index contributed by atoms with van der Waals surface area (Å²) in [5.41, 5.74) is 5.23. The summed E-state index contributed by atoms with van der Waals surface area (Å²) >= 11 is 0. The van der Waals surface area contributed by atoms with Crippen molar-refractivity contribution in [2.45, 2.75) is 19.8 Å². The van der Waals surface area contributed by atoms with E-state index in [1.165, 1.54) is 0 Å². The van der Waals surface area contributed by atoms with Crippen molar-refractivity contribution in [2.75, 3.05) is 0 Å². The van der Waals surface area contributed by atoms with Crippen LogP contribution in [0.15, 0.2) is 66.9 Å². The van der Waals surface area contributed by atoms with Crippen molar-refractivity contribution in [3.8, 4) is 11.5 Å². The summed E-state index contributed by atoms with van der Waals surface area (Å²) in [7, 11) is 0. The molecule has 0 fully saturated rings. The molecule has 29 heavy (non-hydrogen) atoms. The number of aryl methyl sites for hydroxylation is 1. The third kappa shape index (κ3) is 3.01. The highest BCUT2D eigenvalue weighted by Crippen LogP contribution is 2.27. The van der Waals surface area contributed by atoms with E-state index in [-0.39, 0.29) is 12.2 Å². The third-order valence-electron chi connectivity index (χ3n) is 5.36. The van der Waals surface area contributed by atoms with E-state index in [9.17, 15) is 4.79 Å². The topological polar surface area (TPSA) is 74.4 Å². The van der Waals surface area contributed by atoms with Crippen LogP contribution in [0.25, 0.3) is 33.3 Å². The average Bonchev–Trinajstić information content (AvgIpc) is 3.39. The second-order valence-corrected chi connectivity index (χ2v) is 7.14. The Hall–Kier alpha value is -3.73. The first-order valence-electron chi connectivity index (χ1n) is 9.76. The van der Waals surface area contributed by atoms with Crippen LogP contribution in [-0.2, 0) is 12.8 Å². The van der Waals surface area contributed by atoms with Crippen LogP contribution in [0, 0.1) is 0 Å². The zero-order chi connectivity index (χ0) is 19.8. The largest absolute Gasteiger partial charge is 0.337 e. The Morgan fingerprint density at radius 2 is 1.79 bits per heavy atom. The number of carbonyl (C=O) groups is 1. The zero-order valence-corrected chi connectivity index (χ0v) is 16.1. The van der Waals surface area contributed by atoms with Crippen LogP contribution in [0.4, 0.5) is 0 Å². The summed E-state index contributed by atoms with van der Waals surface area (Å²) in [4.78, 5) is 21.3. The first-order valence-corrected chi connectivity index (χ1v) is 9.76. The van der Waals surface area contributed by atoms with Crippen molar-refractivity contribution in [1.29, 1.82) is 0 Å². The number of hydrogen-bond donors (Lipinski definition) is 2. The van der Waals surface area contributed by atoms with Gasteiger partial charge in [0.05, 0.1) is 11.0 Å². The fourth-order valence-electron chi connectivity index (χ4n) is 3.92. The number of aromatic nitrogens is 4. The molecule has 0 unspecified atom stereocenters. The Balaban J connectivity index is 1.55. The van der Waals surface area contributed by atoms with Crippen molar-refractivity contribution in [1.82, 2.24) is 20.2 Å². The maximum Gasteiger partial charge on any atom is 0.168 e. The Morgan fingerprint density at radius 1 is 0.966 bits per heavy atom. The fraction of sp³-hybridized carbons (Fsp3) is 0.125. The highest BCUT2D eigenvalue weighted by Gasteiger charge is 2.19. The minimum absolute atomic E-state index is 0.0948. The SMILES string of the molecule is CCc1ccc2ccccc2c1C(=O)Cc1c[nH]nc1-c1nc2ccccc2[nH]1. The minimum atomic E-state index is 0.0948. The van der Waals surface area contributed by atoms with Gasteiger partial charge in [-0.05, 0) is 34.9 Å². The molecule has 3 aromatic carbocycles. The van der Waals surface area contributed by atoms with Crippen LogP contribution in [0.3, 0.4) is 0 Å². The van der Waals surface area contributed by atoms with E-state index < -0.39 is 0 Å². The number of aromatic amines is 2. The van der Waals surface area contributed by atoms with Gasteiger partial charge in [0.1, 0.15) is 5.69 Å². The van der Waals surface area contributed by atoms with Crippen molar-refractivity contribution in [2.24, 2.45) is 0 Å². The van der Waals surface area contributed by atoms with Gasteiger partial charge in [0, 0.05) is 23.7 Å². The molecule has 5 heteroatoms. The number of rotatable bonds is 5. The van der Waals surface area contributed by atoms with Crippen molar-refractivity contribution < 1.29 is 4.79 Å². The zero-order valence-electron chi connectivity index (χ0n) is 16.1. The van der Waals surface area contributed by atoms with E-state index in [4.69, 9.17) is 0 Å². The number of benzene rings is 3. The van der Waals surface area contributed by atoms with Crippen LogP contribution in [0.2, 0.25) is 0 Å². The van der Waals surface area contributed by atoms with Gasteiger partial charge in [0.2, 0.25) is 0 Å². The number of ketones is 1. The van der Waals surface area contributed by atoms with Crippen LogP contribution < -0.4 is 0 Å². The lowest BCUT2D eigenvalue weighted by Gasteiger charge is -2.11. The maximum atomic E-state index is 13.4. The van der Waals surface area contributed by atoms with Gasteiger partial charge in [0.15, 0.2) is 11.6 Å². The van der Waals surface area contributed by atoms with Gasteiger partial charge in [-0.15, -0.1) is 0 Å². The van der Waals surface area contributed by atoms with Crippen LogP contribution in [0.5, 0.6) is 0 Å². The molecule has 0 aliphatic heterocycles. The van der Waals surface area contributed by atoms with Gasteiger partial charge >= 0.3 is 0 Å². The molecule has 0 aliphatic rings. The second-order valence-electron chi connectivity index (χ2n) is 7.14. The lowest BCUT2D eigenvalue weighted by atomic mass is 9.92. The molecule has 2 aromatic heterocycles. The van der Waals surface area contributed by atoms with Crippen LogP contribution >= 0.6 is 0 Å². The molecule has 0 bridgehead atoms. The molecule has 0 aliphatic carbocycles. The van der Waals surface area contributed by atoms with E-state index in [0.717, 1.165) is 44.9 Å². The number of nitrogens with one attached hydrogen (secondary N) is 2. The molecule has 2 N–H and O–H groups in total. The van der Waals surface area contributed by atoms with Gasteiger partial charge in [-0.25, -0.2) is 4.98 Å². The van der Waals surface area contributed by atoms with Gasteiger partial charge in [-0.1, -0.05) is 55.5 Å². The van der Waals surface area contributed by atoms with E-state index in [1.807, 2.05) is 48.5 Å². The number of nitrogens with zero attached hydrogens (tertiary/aromatic N) is 2. The smallest absolute Gasteiger partial charge is 0.168 e. The minimum Gasteiger partial charge on any atom is -0.337 e. The van der Waals surface area contributed by atoms with E-state index >= 15 is 0 Å². The molecule has 5 aromatic rings. The first-order chi connectivity index (χ1) is 14.2. The van der Waals surface area contributed by atoms with Crippen molar-refractivity contribution >= 4 is 27.6 Å². The van der Waals surface area contributed by atoms with E-state index in [2.05, 4.69) is 39.2 Å². The molecule has 0 saturated heterocycles. The maximum absolute atomic E-state index is 13.4. The molecule has 5 nitrogen and oxygen atoms in total. The highest BCUT2D eigenvalue weighted by atomic mass is 16.1. The summed E-state index contributed by atoms with van der Waals surface area (Å²) in [5.74, 6) is 0.765. The Bertz CT molecular complexity index is 1310. The molecule has 0 radical (unpaired) electrons.